The maximum absolute atomic E-state index is 13.9. The zero-order chi connectivity index (χ0) is 23.9. The van der Waals surface area contributed by atoms with E-state index in [1.165, 1.54) is 0 Å². The Hall–Kier alpha value is -3.68. The van der Waals surface area contributed by atoms with Gasteiger partial charge >= 0.3 is 0 Å². The molecule has 1 fully saturated rings. The van der Waals surface area contributed by atoms with Crippen LogP contribution in [0.25, 0.3) is 11.0 Å². The van der Waals surface area contributed by atoms with Crippen molar-refractivity contribution < 1.29 is 18.4 Å². The first-order chi connectivity index (χ1) is 17.1. The normalized spacial score (nSPS) is 19.3. The van der Waals surface area contributed by atoms with Gasteiger partial charge in [-0.25, -0.2) is 0 Å². The Kier molecular flexibility index (Phi) is 5.51. The molecular weight excluding hydrogens is 444 g/mol. The first kappa shape index (κ1) is 21.8. The Morgan fingerprint density at radius 1 is 0.971 bits per heavy atom. The van der Waals surface area contributed by atoms with E-state index in [0.717, 1.165) is 30.0 Å². The van der Waals surface area contributed by atoms with Crippen molar-refractivity contribution in [3.63, 3.8) is 0 Å². The average Bonchev–Trinajstić information content (AvgIpc) is 3.51. The van der Waals surface area contributed by atoms with Gasteiger partial charge in [0.2, 0.25) is 5.76 Å². The molecule has 6 rings (SSSR count). The fourth-order valence-electron chi connectivity index (χ4n) is 5.19. The summed E-state index contributed by atoms with van der Waals surface area (Å²) in [5.41, 5.74) is 2.65. The summed E-state index contributed by atoms with van der Waals surface area (Å²) in [5.74, 6) is 0.625. The molecule has 2 aliphatic rings. The van der Waals surface area contributed by atoms with Gasteiger partial charge in [0.05, 0.1) is 42.5 Å². The SMILES string of the molecule is Cc1ccc([C@H]2c3c(oc4ccccc4c3=O)C(=O)N2C[C@H](c2ccco2)N2CCOCC2)cc1. The van der Waals surface area contributed by atoms with Gasteiger partial charge in [0, 0.05) is 19.6 Å². The molecule has 0 bridgehead atoms. The van der Waals surface area contributed by atoms with E-state index >= 15 is 0 Å². The molecule has 0 aliphatic carbocycles. The molecule has 7 heteroatoms. The molecule has 178 valence electrons. The molecule has 2 atom stereocenters. The third kappa shape index (κ3) is 3.77. The summed E-state index contributed by atoms with van der Waals surface area (Å²) in [4.78, 5) is 31.6. The third-order valence-electron chi connectivity index (χ3n) is 6.99. The Bertz CT molecular complexity index is 1420. The molecule has 0 N–H and O–H groups in total. The number of hydrogen-bond acceptors (Lipinski definition) is 6. The lowest BCUT2D eigenvalue weighted by molar-refractivity contribution is 0.00182. The minimum atomic E-state index is -0.544. The number of hydrogen-bond donors (Lipinski definition) is 0. The van der Waals surface area contributed by atoms with Gasteiger partial charge in [-0.1, -0.05) is 42.0 Å². The second-order valence-electron chi connectivity index (χ2n) is 9.12. The molecule has 4 heterocycles. The molecule has 4 aromatic rings. The van der Waals surface area contributed by atoms with Crippen LogP contribution in [0, 0.1) is 6.92 Å². The van der Waals surface area contributed by atoms with Crippen LogP contribution in [-0.2, 0) is 4.74 Å². The summed E-state index contributed by atoms with van der Waals surface area (Å²) >= 11 is 0. The Labute approximate surface area is 202 Å². The van der Waals surface area contributed by atoms with Crippen molar-refractivity contribution >= 4 is 16.9 Å². The van der Waals surface area contributed by atoms with Crippen molar-refractivity contribution in [1.29, 1.82) is 0 Å². The highest BCUT2D eigenvalue weighted by Crippen LogP contribution is 2.40. The smallest absolute Gasteiger partial charge is 0.290 e. The van der Waals surface area contributed by atoms with E-state index in [-0.39, 0.29) is 23.1 Å². The van der Waals surface area contributed by atoms with Crippen LogP contribution in [0.3, 0.4) is 0 Å². The average molecular weight is 471 g/mol. The summed E-state index contributed by atoms with van der Waals surface area (Å²) < 4.78 is 17.4. The number of carbonyl (C=O) groups excluding carboxylic acids is 1. The van der Waals surface area contributed by atoms with E-state index in [0.29, 0.717) is 36.3 Å². The van der Waals surface area contributed by atoms with Crippen LogP contribution >= 0.6 is 0 Å². The van der Waals surface area contributed by atoms with E-state index in [1.807, 2.05) is 49.4 Å². The molecule has 0 saturated carbocycles. The van der Waals surface area contributed by atoms with Crippen LogP contribution in [0.1, 0.15) is 45.1 Å². The standard InChI is InChI=1S/C28H26N2O5/c1-18-8-10-19(11-9-18)25-24-26(31)20-5-2-3-6-22(20)35-27(24)28(32)30(25)17-21(23-7-4-14-34-23)29-12-15-33-16-13-29/h2-11,14,21,25H,12-13,15-17H2,1H3/t21-,25+/m1/s1. The van der Waals surface area contributed by atoms with E-state index in [9.17, 15) is 9.59 Å². The van der Waals surface area contributed by atoms with E-state index in [2.05, 4.69) is 4.90 Å². The van der Waals surface area contributed by atoms with Crippen LogP contribution < -0.4 is 5.43 Å². The molecule has 7 nitrogen and oxygen atoms in total. The number of para-hydroxylation sites is 1. The van der Waals surface area contributed by atoms with Crippen LogP contribution in [0.4, 0.5) is 0 Å². The minimum absolute atomic E-state index is 0.124. The van der Waals surface area contributed by atoms with Gasteiger partial charge in [0.1, 0.15) is 11.3 Å². The second kappa shape index (κ2) is 8.83. The number of rotatable bonds is 5. The molecule has 35 heavy (non-hydrogen) atoms. The Balaban J connectivity index is 1.49. The zero-order valence-corrected chi connectivity index (χ0v) is 19.5. The predicted octanol–water partition coefficient (Wildman–Crippen LogP) is 4.31. The van der Waals surface area contributed by atoms with E-state index in [4.69, 9.17) is 13.6 Å². The Morgan fingerprint density at radius 3 is 2.49 bits per heavy atom. The van der Waals surface area contributed by atoms with Crippen LogP contribution in [-0.4, -0.2) is 48.6 Å². The monoisotopic (exact) mass is 470 g/mol. The van der Waals surface area contributed by atoms with Gasteiger partial charge in [-0.2, -0.15) is 0 Å². The van der Waals surface area contributed by atoms with Crippen molar-refractivity contribution in [3.8, 4) is 0 Å². The number of ether oxygens (including phenoxy) is 1. The van der Waals surface area contributed by atoms with Gasteiger partial charge in [-0.05, 0) is 36.8 Å². The highest BCUT2D eigenvalue weighted by atomic mass is 16.5. The summed E-state index contributed by atoms with van der Waals surface area (Å²) in [5, 5.41) is 0.480. The first-order valence-electron chi connectivity index (χ1n) is 11.9. The molecule has 0 unspecified atom stereocenters. The van der Waals surface area contributed by atoms with Crippen molar-refractivity contribution in [2.24, 2.45) is 0 Å². The lowest BCUT2D eigenvalue weighted by Crippen LogP contribution is -2.44. The summed E-state index contributed by atoms with van der Waals surface area (Å²) in [6.07, 6.45) is 1.65. The summed E-state index contributed by atoms with van der Waals surface area (Å²) in [7, 11) is 0. The van der Waals surface area contributed by atoms with Gasteiger partial charge in [0.25, 0.3) is 5.91 Å². The van der Waals surface area contributed by atoms with Gasteiger partial charge < -0.3 is 18.5 Å². The molecule has 1 saturated heterocycles. The molecule has 2 aromatic carbocycles. The molecule has 2 aromatic heterocycles. The summed E-state index contributed by atoms with van der Waals surface area (Å²) in [6, 6.07) is 18.2. The van der Waals surface area contributed by atoms with Gasteiger partial charge in [0.15, 0.2) is 5.43 Å². The number of amides is 1. The van der Waals surface area contributed by atoms with Crippen molar-refractivity contribution in [2.45, 2.75) is 19.0 Å². The topological polar surface area (TPSA) is 76.1 Å². The number of furan rings is 1. The molecule has 2 aliphatic heterocycles. The zero-order valence-electron chi connectivity index (χ0n) is 19.5. The number of aryl methyl sites for hydroxylation is 1. The molecule has 0 radical (unpaired) electrons. The molecule has 1 amide bonds. The maximum Gasteiger partial charge on any atom is 0.290 e. The van der Waals surface area contributed by atoms with E-state index in [1.54, 1.807) is 29.4 Å². The van der Waals surface area contributed by atoms with Crippen LogP contribution in [0.15, 0.2) is 80.6 Å². The number of morpholine rings is 1. The maximum atomic E-state index is 13.9. The lowest BCUT2D eigenvalue weighted by atomic mass is 9.97. The fourth-order valence-corrected chi connectivity index (χ4v) is 5.19. The van der Waals surface area contributed by atoms with Gasteiger partial charge in [-0.15, -0.1) is 0 Å². The first-order valence-corrected chi connectivity index (χ1v) is 11.9. The third-order valence-corrected chi connectivity index (χ3v) is 6.99. The van der Waals surface area contributed by atoms with E-state index < -0.39 is 6.04 Å². The highest BCUT2D eigenvalue weighted by molar-refractivity contribution is 5.99. The van der Waals surface area contributed by atoms with Gasteiger partial charge in [-0.3, -0.25) is 14.5 Å². The second-order valence-corrected chi connectivity index (χ2v) is 9.12. The van der Waals surface area contributed by atoms with Crippen LogP contribution in [0.2, 0.25) is 0 Å². The lowest BCUT2D eigenvalue weighted by Gasteiger charge is -2.37. The number of carbonyl (C=O) groups is 1. The predicted molar refractivity (Wildman–Crippen MR) is 130 cm³/mol. The number of fused-ring (bicyclic) bond motifs is 2. The quantitative estimate of drug-likeness (QED) is 0.433. The molecule has 0 spiro atoms. The van der Waals surface area contributed by atoms with Crippen molar-refractivity contribution in [1.82, 2.24) is 9.80 Å². The largest absolute Gasteiger partial charge is 0.468 e. The Morgan fingerprint density at radius 2 is 1.74 bits per heavy atom. The van der Waals surface area contributed by atoms with Crippen molar-refractivity contribution in [2.75, 3.05) is 32.8 Å². The van der Waals surface area contributed by atoms with Crippen molar-refractivity contribution in [3.05, 3.63) is 105 Å². The minimum Gasteiger partial charge on any atom is -0.468 e. The summed E-state index contributed by atoms with van der Waals surface area (Å²) in [6.45, 7) is 5.08. The highest BCUT2D eigenvalue weighted by Gasteiger charge is 2.44. The molecular formula is C28H26N2O5. The fraction of sp³-hybridized carbons (Fsp3) is 0.286. The number of nitrogens with zero attached hydrogens (tertiary/aromatic N) is 2. The number of benzene rings is 2. The van der Waals surface area contributed by atoms with Crippen LogP contribution in [0.5, 0.6) is 0 Å².